The number of rotatable bonds is 2. The van der Waals surface area contributed by atoms with Gasteiger partial charge in [0.05, 0.1) is 16.3 Å². The van der Waals surface area contributed by atoms with Gasteiger partial charge >= 0.3 is 0 Å². The van der Waals surface area contributed by atoms with Gasteiger partial charge in [-0.1, -0.05) is 18.2 Å². The number of nitrogens with zero attached hydrogens (tertiary/aromatic N) is 1. The average Bonchev–Trinajstić information content (AvgIpc) is 2.85. The molecule has 0 unspecified atom stereocenters. The maximum absolute atomic E-state index is 12.8. The van der Waals surface area contributed by atoms with Crippen LogP contribution in [0.15, 0.2) is 41.3 Å². The number of nitrogens with two attached hydrogens (primary N) is 1. The summed E-state index contributed by atoms with van der Waals surface area (Å²) in [5.41, 5.74) is 8.86. The summed E-state index contributed by atoms with van der Waals surface area (Å²) in [4.78, 5) is 0.282. The molecule has 2 aromatic carbocycles. The number of nitrogen functional groups attached to an aromatic ring is 1. The zero-order chi connectivity index (χ0) is 14.3. The van der Waals surface area contributed by atoms with Crippen molar-refractivity contribution in [1.82, 2.24) is 0 Å². The van der Waals surface area contributed by atoms with E-state index in [0.717, 1.165) is 11.1 Å². The molecule has 2 N–H and O–H groups in total. The molecule has 1 aliphatic heterocycles. The van der Waals surface area contributed by atoms with E-state index in [2.05, 4.69) is 6.07 Å². The van der Waals surface area contributed by atoms with Gasteiger partial charge in [0.15, 0.2) is 0 Å². The molecule has 0 atom stereocenters. The molecule has 0 amide bonds. The summed E-state index contributed by atoms with van der Waals surface area (Å²) in [7, 11) is -3.56. The van der Waals surface area contributed by atoms with Crippen molar-refractivity contribution in [2.45, 2.75) is 18.2 Å². The van der Waals surface area contributed by atoms with Gasteiger partial charge in [-0.2, -0.15) is 0 Å². The molecule has 0 saturated heterocycles. The SMILES string of the molecule is Cc1[c]ccc(S(=O)(=O)N2CCc3cccc(N)c32)c1. The monoisotopic (exact) mass is 287 g/mol. The van der Waals surface area contributed by atoms with E-state index < -0.39 is 10.0 Å². The predicted molar refractivity (Wildman–Crippen MR) is 79.1 cm³/mol. The number of benzene rings is 2. The lowest BCUT2D eigenvalue weighted by Gasteiger charge is -2.21. The molecule has 20 heavy (non-hydrogen) atoms. The molecule has 0 aliphatic carbocycles. The average molecular weight is 287 g/mol. The Labute approximate surface area is 118 Å². The highest BCUT2D eigenvalue weighted by molar-refractivity contribution is 7.92. The Morgan fingerprint density at radius 3 is 2.85 bits per heavy atom. The first-order chi connectivity index (χ1) is 9.50. The number of fused-ring (bicyclic) bond motifs is 1. The fraction of sp³-hybridized carbons (Fsp3) is 0.200. The molecule has 0 fully saturated rings. The summed E-state index contributed by atoms with van der Waals surface area (Å²) < 4.78 is 26.9. The molecular formula is C15H15N2O2S. The van der Waals surface area contributed by atoms with Gasteiger partial charge in [0.2, 0.25) is 0 Å². The van der Waals surface area contributed by atoms with Crippen LogP contribution in [0.4, 0.5) is 11.4 Å². The molecule has 2 aromatic rings. The Morgan fingerprint density at radius 2 is 2.10 bits per heavy atom. The smallest absolute Gasteiger partial charge is 0.264 e. The van der Waals surface area contributed by atoms with Gasteiger partial charge in [-0.05, 0) is 48.7 Å². The maximum Gasteiger partial charge on any atom is 0.264 e. The number of aryl methyl sites for hydroxylation is 1. The highest BCUT2D eigenvalue weighted by Gasteiger charge is 2.32. The summed E-state index contributed by atoms with van der Waals surface area (Å²) in [6.07, 6.45) is 0.692. The third kappa shape index (κ3) is 1.94. The van der Waals surface area contributed by atoms with E-state index >= 15 is 0 Å². The van der Waals surface area contributed by atoms with E-state index in [9.17, 15) is 8.42 Å². The minimum Gasteiger partial charge on any atom is -0.397 e. The van der Waals surface area contributed by atoms with Crippen molar-refractivity contribution in [3.05, 3.63) is 53.6 Å². The van der Waals surface area contributed by atoms with E-state index in [-0.39, 0.29) is 4.90 Å². The Morgan fingerprint density at radius 1 is 1.30 bits per heavy atom. The standard InChI is InChI=1S/C15H15N2O2S/c1-11-4-2-6-13(10-11)20(18,19)17-9-8-12-5-3-7-14(16)15(12)17/h2-3,5-7,10H,8-9,16H2,1H3. The Bertz CT molecular complexity index is 769. The van der Waals surface area contributed by atoms with Crippen LogP contribution in [0.3, 0.4) is 0 Å². The molecule has 3 rings (SSSR count). The zero-order valence-electron chi connectivity index (χ0n) is 11.1. The molecule has 4 nitrogen and oxygen atoms in total. The Kier molecular flexibility index (Phi) is 2.94. The third-order valence-electron chi connectivity index (χ3n) is 3.49. The van der Waals surface area contributed by atoms with Gasteiger partial charge in [-0.25, -0.2) is 8.42 Å². The highest BCUT2D eigenvalue weighted by Crippen LogP contribution is 2.37. The second-order valence-electron chi connectivity index (χ2n) is 4.89. The molecular weight excluding hydrogens is 272 g/mol. The summed E-state index contributed by atoms with van der Waals surface area (Å²) in [6, 6.07) is 13.3. The summed E-state index contributed by atoms with van der Waals surface area (Å²) in [5, 5.41) is 0. The van der Waals surface area contributed by atoms with Crippen LogP contribution in [0.25, 0.3) is 0 Å². The number of para-hydroxylation sites is 1. The summed E-state index contributed by atoms with van der Waals surface area (Å²) >= 11 is 0. The van der Waals surface area contributed by atoms with Crippen LogP contribution >= 0.6 is 0 Å². The molecule has 0 aromatic heterocycles. The van der Waals surface area contributed by atoms with Crippen LogP contribution in [0.2, 0.25) is 0 Å². The van der Waals surface area contributed by atoms with Crippen molar-refractivity contribution in [3.8, 4) is 0 Å². The molecule has 1 radical (unpaired) electrons. The molecule has 1 aliphatic rings. The molecule has 0 saturated carbocycles. The third-order valence-corrected chi connectivity index (χ3v) is 5.28. The van der Waals surface area contributed by atoms with Crippen molar-refractivity contribution in [3.63, 3.8) is 0 Å². The van der Waals surface area contributed by atoms with Gasteiger partial charge in [0, 0.05) is 6.54 Å². The lowest BCUT2D eigenvalue weighted by molar-refractivity contribution is 0.592. The van der Waals surface area contributed by atoms with Gasteiger partial charge in [-0.3, -0.25) is 4.31 Å². The van der Waals surface area contributed by atoms with Crippen LogP contribution in [0, 0.1) is 13.0 Å². The van der Waals surface area contributed by atoms with Gasteiger partial charge in [0.1, 0.15) is 0 Å². The first kappa shape index (κ1) is 13.0. The van der Waals surface area contributed by atoms with Crippen LogP contribution in [-0.2, 0) is 16.4 Å². The van der Waals surface area contributed by atoms with Crippen LogP contribution in [0.5, 0.6) is 0 Å². The zero-order valence-corrected chi connectivity index (χ0v) is 11.9. The number of hydrogen-bond acceptors (Lipinski definition) is 3. The van der Waals surface area contributed by atoms with Crippen molar-refractivity contribution in [1.29, 1.82) is 0 Å². The van der Waals surface area contributed by atoms with E-state index in [1.165, 1.54) is 4.31 Å². The first-order valence-electron chi connectivity index (χ1n) is 6.38. The fourth-order valence-electron chi connectivity index (χ4n) is 2.54. The van der Waals surface area contributed by atoms with E-state index in [4.69, 9.17) is 5.73 Å². The topological polar surface area (TPSA) is 63.4 Å². The molecule has 1 heterocycles. The van der Waals surface area contributed by atoms with Crippen LogP contribution in [0.1, 0.15) is 11.1 Å². The summed E-state index contributed by atoms with van der Waals surface area (Å²) in [6.45, 7) is 2.26. The van der Waals surface area contributed by atoms with Gasteiger partial charge in [-0.15, -0.1) is 0 Å². The minimum absolute atomic E-state index is 0.282. The summed E-state index contributed by atoms with van der Waals surface area (Å²) in [5.74, 6) is 0. The van der Waals surface area contributed by atoms with Crippen LogP contribution < -0.4 is 10.0 Å². The number of anilines is 2. The number of hydrogen-bond donors (Lipinski definition) is 1. The second kappa shape index (κ2) is 4.52. The van der Waals surface area contributed by atoms with Crippen molar-refractivity contribution in [2.75, 3.05) is 16.6 Å². The molecule has 0 spiro atoms. The fourth-order valence-corrected chi connectivity index (χ4v) is 4.15. The molecule has 103 valence electrons. The maximum atomic E-state index is 12.8. The van der Waals surface area contributed by atoms with E-state index in [1.807, 2.05) is 19.1 Å². The van der Waals surface area contributed by atoms with Crippen LogP contribution in [-0.4, -0.2) is 15.0 Å². The van der Waals surface area contributed by atoms with Crippen molar-refractivity contribution < 1.29 is 8.42 Å². The second-order valence-corrected chi connectivity index (χ2v) is 6.75. The van der Waals surface area contributed by atoms with Crippen molar-refractivity contribution in [2.24, 2.45) is 0 Å². The minimum atomic E-state index is -3.56. The van der Waals surface area contributed by atoms with E-state index in [1.54, 1.807) is 24.3 Å². The lowest BCUT2D eigenvalue weighted by Crippen LogP contribution is -2.29. The predicted octanol–water partition coefficient (Wildman–Crippen LogP) is 2.13. The van der Waals surface area contributed by atoms with Gasteiger partial charge in [0.25, 0.3) is 10.0 Å². The van der Waals surface area contributed by atoms with Crippen molar-refractivity contribution >= 4 is 21.4 Å². The Balaban J connectivity index is 2.12. The first-order valence-corrected chi connectivity index (χ1v) is 7.82. The number of sulfonamides is 1. The lowest BCUT2D eigenvalue weighted by atomic mass is 10.1. The van der Waals surface area contributed by atoms with Gasteiger partial charge < -0.3 is 5.73 Å². The Hall–Kier alpha value is -2.01. The molecule has 0 bridgehead atoms. The molecule has 5 heteroatoms. The highest BCUT2D eigenvalue weighted by atomic mass is 32.2. The quantitative estimate of drug-likeness (QED) is 0.861. The largest absolute Gasteiger partial charge is 0.397 e. The van der Waals surface area contributed by atoms with E-state index in [0.29, 0.717) is 24.3 Å². The normalized spacial score (nSPS) is 14.3.